The van der Waals surface area contributed by atoms with Gasteiger partial charge in [-0.25, -0.2) is 3.96 Å². The molecule has 1 heterocycles. The van der Waals surface area contributed by atoms with Crippen molar-refractivity contribution < 1.29 is 0 Å². The summed E-state index contributed by atoms with van der Waals surface area (Å²) in [6.07, 6.45) is 0. The summed E-state index contributed by atoms with van der Waals surface area (Å²) in [7, 11) is 0. The fraction of sp³-hybridized carbons (Fsp3) is 0.0714. The molecule has 0 aliphatic carbocycles. The van der Waals surface area contributed by atoms with Gasteiger partial charge in [0.1, 0.15) is 0 Å². The summed E-state index contributed by atoms with van der Waals surface area (Å²) in [6.45, 7) is 1.98. The van der Waals surface area contributed by atoms with Crippen LogP contribution < -0.4 is 11.3 Å². The lowest BCUT2D eigenvalue weighted by Crippen LogP contribution is -2.12. The van der Waals surface area contributed by atoms with Gasteiger partial charge >= 0.3 is 0 Å². The van der Waals surface area contributed by atoms with Crippen molar-refractivity contribution in [3.05, 3.63) is 58.4 Å². The Bertz CT molecular complexity index is 786. The molecule has 0 fully saturated rings. The van der Waals surface area contributed by atoms with E-state index in [1.54, 1.807) is 3.96 Å². The van der Waals surface area contributed by atoms with Gasteiger partial charge in [0, 0.05) is 0 Å². The molecule has 0 aliphatic rings. The fourth-order valence-electron chi connectivity index (χ4n) is 1.99. The topological polar surface area (TPSA) is 48.0 Å². The minimum absolute atomic E-state index is 0.00819. The van der Waals surface area contributed by atoms with Crippen LogP contribution in [-0.4, -0.2) is 3.96 Å². The number of benzene rings is 2. The number of rotatable bonds is 1. The second-order valence-corrected chi connectivity index (χ2v) is 5.24. The highest BCUT2D eigenvalue weighted by atomic mass is 32.1. The van der Waals surface area contributed by atoms with Crippen molar-refractivity contribution in [1.29, 1.82) is 0 Å². The van der Waals surface area contributed by atoms with Crippen LogP contribution in [0.15, 0.2) is 47.3 Å². The largest absolute Gasteiger partial charge is 0.397 e. The van der Waals surface area contributed by atoms with Gasteiger partial charge in [0.15, 0.2) is 0 Å². The maximum atomic E-state index is 12.3. The van der Waals surface area contributed by atoms with Crippen LogP contribution in [-0.2, 0) is 0 Å². The van der Waals surface area contributed by atoms with Crippen molar-refractivity contribution in [3.8, 4) is 5.69 Å². The minimum atomic E-state index is -0.00819. The molecule has 0 spiro atoms. The number of aryl methyl sites for hydroxylation is 1. The zero-order valence-corrected chi connectivity index (χ0v) is 10.7. The summed E-state index contributed by atoms with van der Waals surface area (Å²) in [6, 6.07) is 13.3. The molecule has 18 heavy (non-hydrogen) atoms. The van der Waals surface area contributed by atoms with E-state index in [0.29, 0.717) is 5.69 Å². The van der Waals surface area contributed by atoms with Gasteiger partial charge < -0.3 is 5.73 Å². The highest BCUT2D eigenvalue weighted by Crippen LogP contribution is 2.23. The number of nitrogens with zero attached hydrogens (tertiary/aromatic N) is 1. The quantitative estimate of drug-likeness (QED) is 0.680. The van der Waals surface area contributed by atoms with Crippen molar-refractivity contribution >= 4 is 27.3 Å². The predicted molar refractivity (Wildman–Crippen MR) is 76.6 cm³/mol. The lowest BCUT2D eigenvalue weighted by molar-refractivity contribution is 1.14. The van der Waals surface area contributed by atoms with Gasteiger partial charge in [-0.05, 0) is 36.8 Å². The number of nitrogens with two attached hydrogens (primary N) is 1. The first-order valence-electron chi connectivity index (χ1n) is 5.64. The zero-order chi connectivity index (χ0) is 12.7. The molecule has 3 nitrogen and oxygen atoms in total. The third-order valence-electron chi connectivity index (χ3n) is 2.89. The van der Waals surface area contributed by atoms with Gasteiger partial charge in [-0.3, -0.25) is 4.79 Å². The van der Waals surface area contributed by atoms with E-state index in [2.05, 4.69) is 0 Å². The minimum Gasteiger partial charge on any atom is -0.397 e. The van der Waals surface area contributed by atoms with E-state index in [-0.39, 0.29) is 5.56 Å². The Balaban J connectivity index is 2.32. The summed E-state index contributed by atoms with van der Waals surface area (Å²) in [5.41, 5.74) is 8.46. The molecular weight excluding hydrogens is 244 g/mol. The molecule has 0 saturated carbocycles. The lowest BCUT2D eigenvalue weighted by atomic mass is 10.2. The van der Waals surface area contributed by atoms with E-state index in [4.69, 9.17) is 5.73 Å². The predicted octanol–water partition coefficient (Wildman–Crippen LogP) is 2.94. The monoisotopic (exact) mass is 256 g/mol. The second-order valence-electron chi connectivity index (χ2n) is 4.25. The third-order valence-corrected chi connectivity index (χ3v) is 3.99. The van der Waals surface area contributed by atoms with Crippen molar-refractivity contribution in [3.63, 3.8) is 0 Å². The highest BCUT2D eigenvalue weighted by Gasteiger charge is 2.10. The summed E-state index contributed by atoms with van der Waals surface area (Å²) < 4.78 is 2.63. The molecule has 2 N–H and O–H groups in total. The van der Waals surface area contributed by atoms with Gasteiger partial charge in [-0.15, -0.1) is 0 Å². The van der Waals surface area contributed by atoms with Gasteiger partial charge in [0.05, 0.1) is 21.5 Å². The molecule has 0 saturated heterocycles. The molecular formula is C14H12N2OS. The number of anilines is 1. The molecule has 0 atom stereocenters. The Hall–Kier alpha value is -2.07. The van der Waals surface area contributed by atoms with Gasteiger partial charge in [0.25, 0.3) is 5.56 Å². The van der Waals surface area contributed by atoms with Gasteiger partial charge in [-0.1, -0.05) is 29.7 Å². The maximum absolute atomic E-state index is 12.3. The number of nitrogen functional groups attached to an aromatic ring is 1. The number of hydrogen-bond acceptors (Lipinski definition) is 3. The average Bonchev–Trinajstić information content (AvgIpc) is 2.68. The van der Waals surface area contributed by atoms with Crippen molar-refractivity contribution in [2.45, 2.75) is 6.92 Å². The summed E-state index contributed by atoms with van der Waals surface area (Å²) >= 11 is 1.42. The number of hydrogen-bond donors (Lipinski definition) is 1. The fourth-order valence-corrected chi connectivity index (χ4v) is 3.03. The Morgan fingerprint density at radius 3 is 2.67 bits per heavy atom. The Kier molecular flexibility index (Phi) is 2.45. The molecule has 0 aliphatic heterocycles. The van der Waals surface area contributed by atoms with E-state index in [1.165, 1.54) is 11.5 Å². The van der Waals surface area contributed by atoms with Crippen LogP contribution in [0, 0.1) is 6.92 Å². The standard InChI is InChI=1S/C14H12N2OS/c1-9-6-7-12(11(15)8-9)16-14(17)10-4-2-3-5-13(10)18-16/h2-8H,15H2,1H3. The third kappa shape index (κ3) is 1.62. The first kappa shape index (κ1) is 11.0. The van der Waals surface area contributed by atoms with Crippen LogP contribution in [0.3, 0.4) is 0 Å². The highest BCUT2D eigenvalue weighted by molar-refractivity contribution is 7.14. The summed E-state index contributed by atoms with van der Waals surface area (Å²) in [5, 5.41) is 0.738. The van der Waals surface area contributed by atoms with Crippen LogP contribution in [0.4, 0.5) is 5.69 Å². The van der Waals surface area contributed by atoms with Crippen LogP contribution >= 0.6 is 11.5 Å². The molecule has 2 aromatic carbocycles. The Morgan fingerprint density at radius 2 is 1.94 bits per heavy atom. The molecule has 1 aromatic heterocycles. The molecule has 90 valence electrons. The van der Waals surface area contributed by atoms with E-state index in [1.807, 2.05) is 49.4 Å². The Labute approximate surface area is 108 Å². The van der Waals surface area contributed by atoms with Crippen molar-refractivity contribution in [2.24, 2.45) is 0 Å². The molecule has 3 aromatic rings. The summed E-state index contributed by atoms with van der Waals surface area (Å²) in [4.78, 5) is 12.3. The van der Waals surface area contributed by atoms with Crippen molar-refractivity contribution in [1.82, 2.24) is 3.96 Å². The first-order valence-corrected chi connectivity index (χ1v) is 6.42. The molecule has 0 bridgehead atoms. The maximum Gasteiger partial charge on any atom is 0.273 e. The van der Waals surface area contributed by atoms with E-state index < -0.39 is 0 Å². The van der Waals surface area contributed by atoms with Crippen LogP contribution in [0.5, 0.6) is 0 Å². The normalized spacial score (nSPS) is 10.9. The zero-order valence-electron chi connectivity index (χ0n) is 9.88. The summed E-state index contributed by atoms with van der Waals surface area (Å²) in [5.74, 6) is 0. The smallest absolute Gasteiger partial charge is 0.273 e. The molecule has 4 heteroatoms. The average molecular weight is 256 g/mol. The lowest BCUT2D eigenvalue weighted by Gasteiger charge is -2.05. The van der Waals surface area contributed by atoms with Crippen LogP contribution in [0.25, 0.3) is 15.8 Å². The van der Waals surface area contributed by atoms with E-state index in [0.717, 1.165) is 21.3 Å². The first-order chi connectivity index (χ1) is 8.66. The van der Waals surface area contributed by atoms with Crippen LogP contribution in [0.1, 0.15) is 5.56 Å². The second kappa shape index (κ2) is 3.99. The Morgan fingerprint density at radius 1 is 1.17 bits per heavy atom. The van der Waals surface area contributed by atoms with Crippen molar-refractivity contribution in [2.75, 3.05) is 5.73 Å². The molecule has 0 amide bonds. The van der Waals surface area contributed by atoms with Crippen LogP contribution in [0.2, 0.25) is 0 Å². The number of aromatic nitrogens is 1. The van der Waals surface area contributed by atoms with Gasteiger partial charge in [0.2, 0.25) is 0 Å². The van der Waals surface area contributed by atoms with E-state index >= 15 is 0 Å². The molecule has 0 radical (unpaired) electrons. The molecule has 0 unspecified atom stereocenters. The van der Waals surface area contributed by atoms with Gasteiger partial charge in [-0.2, -0.15) is 0 Å². The number of fused-ring (bicyclic) bond motifs is 1. The molecule has 3 rings (SSSR count). The SMILES string of the molecule is Cc1ccc(-n2sc3ccccc3c2=O)c(N)c1. The van der Waals surface area contributed by atoms with E-state index in [9.17, 15) is 4.79 Å².